The zero-order chi connectivity index (χ0) is 23.6. The minimum absolute atomic E-state index is 0.730. The number of fused-ring (bicyclic) bond motifs is 6. The molecule has 0 aromatic heterocycles. The van der Waals surface area contributed by atoms with Gasteiger partial charge in [-0.3, -0.25) is 0 Å². The Morgan fingerprint density at radius 2 is 1.34 bits per heavy atom. The maximum absolute atomic E-state index is 11.7. The van der Waals surface area contributed by atoms with Crippen LogP contribution in [-0.2, 0) is 11.2 Å². The van der Waals surface area contributed by atoms with Crippen molar-refractivity contribution in [2.75, 3.05) is 0 Å². The first-order valence-corrected chi connectivity index (χ1v) is 12.0. The summed E-state index contributed by atoms with van der Waals surface area (Å²) in [6, 6.07) is 37.5. The molecular formula is C33H24O2. The van der Waals surface area contributed by atoms with Crippen LogP contribution in [0.25, 0.3) is 28.0 Å². The Kier molecular flexibility index (Phi) is 4.15. The van der Waals surface area contributed by atoms with Crippen LogP contribution in [0.5, 0.6) is 5.75 Å². The largest absolute Gasteiger partial charge is 0.473 e. The Balaban J connectivity index is 1.47. The molecule has 0 fully saturated rings. The molecular weight excluding hydrogens is 428 g/mol. The molecule has 0 amide bonds. The van der Waals surface area contributed by atoms with E-state index in [1.54, 1.807) is 0 Å². The Morgan fingerprint density at radius 3 is 2.06 bits per heavy atom. The smallest absolute Gasteiger partial charge is 0.178 e. The first kappa shape index (κ1) is 20.3. The van der Waals surface area contributed by atoms with Gasteiger partial charge in [0.05, 0.1) is 0 Å². The van der Waals surface area contributed by atoms with Gasteiger partial charge in [0.1, 0.15) is 11.4 Å². The Labute approximate surface area is 204 Å². The van der Waals surface area contributed by atoms with Crippen molar-refractivity contribution in [3.63, 3.8) is 0 Å². The van der Waals surface area contributed by atoms with E-state index in [-0.39, 0.29) is 0 Å². The van der Waals surface area contributed by atoms with Gasteiger partial charge in [0, 0.05) is 16.7 Å². The van der Waals surface area contributed by atoms with Gasteiger partial charge in [-0.2, -0.15) is 0 Å². The standard InChI is InChI=1S/C33H24O2/c1-32(34)28-17-16-22-10-8-9-15-26(22)31(28)27-21-30-23(20-29(27)32)18-19-33(35-30,24-11-4-2-5-12-24)25-13-6-3-7-14-25/h2-21,34H,1H3. The minimum atomic E-state index is -1.06. The van der Waals surface area contributed by atoms with E-state index in [4.69, 9.17) is 4.74 Å². The number of hydrogen-bond donors (Lipinski definition) is 1. The molecule has 1 N–H and O–H groups in total. The molecule has 1 unspecified atom stereocenters. The highest BCUT2D eigenvalue weighted by atomic mass is 16.5. The van der Waals surface area contributed by atoms with E-state index < -0.39 is 11.2 Å². The second kappa shape index (κ2) is 7.18. The van der Waals surface area contributed by atoms with Crippen molar-refractivity contribution in [2.45, 2.75) is 18.1 Å². The van der Waals surface area contributed by atoms with E-state index in [0.717, 1.165) is 55.5 Å². The third-order valence-corrected chi connectivity index (χ3v) is 7.57. The average Bonchev–Trinajstić information content (AvgIpc) is 3.14. The lowest BCUT2D eigenvalue weighted by Crippen LogP contribution is -2.34. The van der Waals surface area contributed by atoms with Crippen LogP contribution in [0.4, 0.5) is 0 Å². The van der Waals surface area contributed by atoms with Crippen molar-refractivity contribution < 1.29 is 9.84 Å². The summed E-state index contributed by atoms with van der Waals surface area (Å²) in [6.45, 7) is 1.89. The van der Waals surface area contributed by atoms with Crippen LogP contribution in [0.15, 0.2) is 115 Å². The third kappa shape index (κ3) is 2.81. The predicted molar refractivity (Wildman–Crippen MR) is 141 cm³/mol. The fourth-order valence-electron chi connectivity index (χ4n) is 5.80. The van der Waals surface area contributed by atoms with Crippen LogP contribution in [0.1, 0.15) is 34.7 Å². The number of rotatable bonds is 2. The highest BCUT2D eigenvalue weighted by Crippen LogP contribution is 2.53. The van der Waals surface area contributed by atoms with Crippen molar-refractivity contribution >= 4 is 16.8 Å². The van der Waals surface area contributed by atoms with Crippen LogP contribution in [-0.4, -0.2) is 5.11 Å². The SMILES string of the molecule is CC1(O)c2cc3c(cc2-c2c1ccc1ccccc21)OC(c1ccccc1)(c1ccccc1)C=C3. The molecule has 1 aliphatic carbocycles. The second-order valence-electron chi connectivity index (χ2n) is 9.62. The van der Waals surface area contributed by atoms with Gasteiger partial charge in [0.2, 0.25) is 0 Å². The number of aliphatic hydroxyl groups is 1. The summed E-state index contributed by atoms with van der Waals surface area (Å²) in [5.41, 5.74) is 5.32. The van der Waals surface area contributed by atoms with E-state index in [1.807, 2.05) is 19.1 Å². The fourth-order valence-corrected chi connectivity index (χ4v) is 5.80. The van der Waals surface area contributed by atoms with Crippen LogP contribution in [0.2, 0.25) is 0 Å². The van der Waals surface area contributed by atoms with Gasteiger partial charge < -0.3 is 9.84 Å². The predicted octanol–water partition coefficient (Wildman–Crippen LogP) is 7.43. The lowest BCUT2D eigenvalue weighted by molar-refractivity contribution is 0.107. The van der Waals surface area contributed by atoms with Gasteiger partial charge in [0.25, 0.3) is 0 Å². The molecule has 0 saturated carbocycles. The normalized spacial score (nSPS) is 19.0. The van der Waals surface area contributed by atoms with E-state index in [0.29, 0.717) is 0 Å². The second-order valence-corrected chi connectivity index (χ2v) is 9.62. The molecule has 35 heavy (non-hydrogen) atoms. The summed E-state index contributed by atoms with van der Waals surface area (Å²) in [5, 5.41) is 14.0. The molecule has 2 nitrogen and oxygen atoms in total. The van der Waals surface area contributed by atoms with Crippen molar-refractivity contribution in [3.8, 4) is 16.9 Å². The molecule has 2 aliphatic rings. The van der Waals surface area contributed by atoms with Gasteiger partial charge in [-0.1, -0.05) is 103 Å². The summed E-state index contributed by atoms with van der Waals surface area (Å²) in [5.74, 6) is 0.815. The highest BCUT2D eigenvalue weighted by molar-refractivity contribution is 6.02. The van der Waals surface area contributed by atoms with Gasteiger partial charge in [0.15, 0.2) is 5.60 Å². The van der Waals surface area contributed by atoms with E-state index in [2.05, 4.69) is 109 Å². The van der Waals surface area contributed by atoms with E-state index in [1.165, 1.54) is 0 Å². The van der Waals surface area contributed by atoms with Crippen molar-refractivity contribution in [1.82, 2.24) is 0 Å². The van der Waals surface area contributed by atoms with Crippen LogP contribution < -0.4 is 4.74 Å². The van der Waals surface area contributed by atoms with Crippen molar-refractivity contribution in [3.05, 3.63) is 143 Å². The van der Waals surface area contributed by atoms with Gasteiger partial charge in [-0.15, -0.1) is 0 Å². The van der Waals surface area contributed by atoms with Crippen LogP contribution in [0.3, 0.4) is 0 Å². The molecule has 7 rings (SSSR count). The summed E-state index contributed by atoms with van der Waals surface area (Å²) in [6.07, 6.45) is 4.27. The molecule has 168 valence electrons. The van der Waals surface area contributed by atoms with Gasteiger partial charge >= 0.3 is 0 Å². The van der Waals surface area contributed by atoms with Gasteiger partial charge in [-0.25, -0.2) is 0 Å². The monoisotopic (exact) mass is 452 g/mol. The van der Waals surface area contributed by atoms with E-state index in [9.17, 15) is 5.11 Å². The molecule has 1 atom stereocenters. The summed E-state index contributed by atoms with van der Waals surface area (Å²) in [4.78, 5) is 0. The molecule has 5 aromatic carbocycles. The molecule has 0 saturated heterocycles. The summed E-state index contributed by atoms with van der Waals surface area (Å²) >= 11 is 0. The maximum atomic E-state index is 11.7. The van der Waals surface area contributed by atoms with Gasteiger partial charge in [-0.05, 0) is 58.2 Å². The van der Waals surface area contributed by atoms with E-state index >= 15 is 0 Å². The Morgan fingerprint density at radius 1 is 0.686 bits per heavy atom. The zero-order valence-electron chi connectivity index (χ0n) is 19.4. The minimum Gasteiger partial charge on any atom is -0.473 e. The lowest BCUT2D eigenvalue weighted by atomic mass is 9.83. The van der Waals surface area contributed by atoms with Crippen molar-refractivity contribution in [1.29, 1.82) is 0 Å². The quantitative estimate of drug-likeness (QED) is 0.302. The third-order valence-electron chi connectivity index (χ3n) is 7.57. The van der Waals surface area contributed by atoms with Crippen molar-refractivity contribution in [2.24, 2.45) is 0 Å². The highest BCUT2D eigenvalue weighted by Gasteiger charge is 2.42. The van der Waals surface area contributed by atoms with Crippen LogP contribution in [0, 0.1) is 0 Å². The number of hydrogen-bond acceptors (Lipinski definition) is 2. The molecule has 1 aliphatic heterocycles. The van der Waals surface area contributed by atoms with Crippen LogP contribution >= 0.6 is 0 Å². The fraction of sp³-hybridized carbons (Fsp3) is 0.0909. The molecule has 0 bridgehead atoms. The topological polar surface area (TPSA) is 29.5 Å². The molecule has 1 heterocycles. The summed E-state index contributed by atoms with van der Waals surface area (Å²) < 4.78 is 6.94. The number of ether oxygens (including phenoxy) is 1. The zero-order valence-corrected chi connectivity index (χ0v) is 19.4. The average molecular weight is 453 g/mol. The number of benzene rings is 5. The molecule has 0 radical (unpaired) electrons. The maximum Gasteiger partial charge on any atom is 0.178 e. The first-order chi connectivity index (χ1) is 17.1. The molecule has 0 spiro atoms. The lowest BCUT2D eigenvalue weighted by Gasteiger charge is -2.36. The summed E-state index contributed by atoms with van der Waals surface area (Å²) in [7, 11) is 0. The molecule has 2 heteroatoms. The Hall–Kier alpha value is -4.14. The first-order valence-electron chi connectivity index (χ1n) is 12.0. The Bertz CT molecular complexity index is 1590. The molecule has 5 aromatic rings.